The Morgan fingerprint density at radius 2 is 1.82 bits per heavy atom. The maximum atomic E-state index is 11.0. The van der Waals surface area contributed by atoms with E-state index in [2.05, 4.69) is 0 Å². The van der Waals surface area contributed by atoms with Gasteiger partial charge in [-0.15, -0.1) is 0 Å². The van der Waals surface area contributed by atoms with Gasteiger partial charge in [0, 0.05) is 5.56 Å². The zero-order valence-corrected chi connectivity index (χ0v) is 9.77. The third kappa shape index (κ3) is 2.81. The number of carboxylic acid groups (broad SMARTS) is 1. The second-order valence-corrected chi connectivity index (χ2v) is 4.36. The molecule has 4 N–H and O–H groups in total. The van der Waals surface area contributed by atoms with Gasteiger partial charge in [0.15, 0.2) is 11.5 Å². The van der Waals surface area contributed by atoms with Crippen LogP contribution in [0.4, 0.5) is 0 Å². The summed E-state index contributed by atoms with van der Waals surface area (Å²) in [5, 5.41) is 37.2. The fourth-order valence-corrected chi connectivity index (χ4v) is 1.56. The summed E-state index contributed by atoms with van der Waals surface area (Å²) in [7, 11) is 0. The molecule has 0 saturated heterocycles. The van der Waals surface area contributed by atoms with Gasteiger partial charge in [0.25, 0.3) is 0 Å². The number of carboxylic acids is 1. The molecule has 94 valence electrons. The third-order valence-electron chi connectivity index (χ3n) is 2.56. The van der Waals surface area contributed by atoms with E-state index >= 15 is 0 Å². The summed E-state index contributed by atoms with van der Waals surface area (Å²) < 4.78 is 0. The summed E-state index contributed by atoms with van der Waals surface area (Å²) >= 11 is 0. The second kappa shape index (κ2) is 4.95. The highest BCUT2D eigenvalue weighted by Crippen LogP contribution is 2.40. The van der Waals surface area contributed by atoms with Crippen LogP contribution in [0, 0.1) is 5.92 Å². The average Bonchev–Trinajstić information content (AvgIpc) is 2.23. The molecule has 0 fully saturated rings. The number of phenolic OH excluding ortho intramolecular Hbond substituents is 3. The van der Waals surface area contributed by atoms with Gasteiger partial charge in [-0.05, 0) is 24.8 Å². The van der Waals surface area contributed by atoms with E-state index in [0.717, 1.165) is 6.07 Å². The normalized spacial score (nSPS) is 10.8. The van der Waals surface area contributed by atoms with E-state index in [4.69, 9.17) is 5.11 Å². The second-order valence-electron chi connectivity index (χ2n) is 4.36. The topological polar surface area (TPSA) is 98.0 Å². The number of hydrogen-bond acceptors (Lipinski definition) is 4. The number of aromatic carboxylic acids is 1. The van der Waals surface area contributed by atoms with Crippen LogP contribution in [-0.2, 0) is 6.42 Å². The van der Waals surface area contributed by atoms with Gasteiger partial charge >= 0.3 is 5.97 Å². The highest BCUT2D eigenvalue weighted by molar-refractivity contribution is 5.91. The summed E-state index contributed by atoms with van der Waals surface area (Å²) in [5.74, 6) is -2.76. The van der Waals surface area contributed by atoms with Crippen molar-refractivity contribution in [2.24, 2.45) is 5.92 Å². The zero-order chi connectivity index (χ0) is 13.2. The lowest BCUT2D eigenvalue weighted by Crippen LogP contribution is -2.04. The van der Waals surface area contributed by atoms with E-state index in [1.54, 1.807) is 0 Å². The molecule has 0 aliphatic rings. The summed E-state index contributed by atoms with van der Waals surface area (Å²) in [6.45, 7) is 3.94. The van der Waals surface area contributed by atoms with Crippen molar-refractivity contribution in [2.45, 2.75) is 26.7 Å². The molecule has 1 aromatic carbocycles. The van der Waals surface area contributed by atoms with Crippen LogP contribution in [0.3, 0.4) is 0 Å². The van der Waals surface area contributed by atoms with Crippen molar-refractivity contribution >= 4 is 5.97 Å². The molecule has 0 bridgehead atoms. The molecule has 0 heterocycles. The van der Waals surface area contributed by atoms with Crippen molar-refractivity contribution in [1.82, 2.24) is 0 Å². The summed E-state index contributed by atoms with van der Waals surface area (Å²) in [4.78, 5) is 11.0. The molecule has 0 spiro atoms. The van der Waals surface area contributed by atoms with Gasteiger partial charge in [-0.3, -0.25) is 0 Å². The quantitative estimate of drug-likeness (QED) is 0.604. The lowest BCUT2D eigenvalue weighted by atomic mass is 9.96. The standard InChI is InChI=1S/C12H16O5/c1-6(2)3-4-7-8(12(16)17)5-9(13)11(15)10(7)14/h5-6,13-15H,3-4H2,1-2H3,(H,16,17). The Bertz CT molecular complexity index is 437. The molecule has 5 heteroatoms. The largest absolute Gasteiger partial charge is 0.504 e. The highest BCUT2D eigenvalue weighted by atomic mass is 16.4. The van der Waals surface area contributed by atoms with Crippen LogP contribution in [0.5, 0.6) is 17.2 Å². The first kappa shape index (κ1) is 13.2. The van der Waals surface area contributed by atoms with Crippen molar-refractivity contribution < 1.29 is 25.2 Å². The molecular formula is C12H16O5. The average molecular weight is 240 g/mol. The first-order valence-electron chi connectivity index (χ1n) is 5.34. The van der Waals surface area contributed by atoms with Gasteiger partial charge in [0.1, 0.15) is 0 Å². The van der Waals surface area contributed by atoms with Crippen LogP contribution < -0.4 is 0 Å². The fourth-order valence-electron chi connectivity index (χ4n) is 1.56. The fraction of sp³-hybridized carbons (Fsp3) is 0.417. The minimum Gasteiger partial charge on any atom is -0.504 e. The Labute approximate surface area is 99.0 Å². The van der Waals surface area contributed by atoms with Crippen molar-refractivity contribution in [2.75, 3.05) is 0 Å². The summed E-state index contributed by atoms with van der Waals surface area (Å²) in [5.41, 5.74) is -0.0278. The minimum atomic E-state index is -1.24. The molecule has 0 atom stereocenters. The number of rotatable bonds is 4. The number of carbonyl (C=O) groups is 1. The molecule has 17 heavy (non-hydrogen) atoms. The van der Waals surface area contributed by atoms with Crippen molar-refractivity contribution in [3.63, 3.8) is 0 Å². The van der Waals surface area contributed by atoms with Crippen LogP contribution >= 0.6 is 0 Å². The Morgan fingerprint density at radius 1 is 1.24 bits per heavy atom. The molecule has 0 radical (unpaired) electrons. The van der Waals surface area contributed by atoms with Gasteiger partial charge in [-0.2, -0.15) is 0 Å². The van der Waals surface area contributed by atoms with E-state index in [1.807, 2.05) is 13.8 Å². The Morgan fingerprint density at radius 3 is 2.29 bits per heavy atom. The number of hydrogen-bond donors (Lipinski definition) is 4. The first-order valence-corrected chi connectivity index (χ1v) is 5.34. The Kier molecular flexibility index (Phi) is 3.83. The monoisotopic (exact) mass is 240 g/mol. The van der Waals surface area contributed by atoms with E-state index in [1.165, 1.54) is 0 Å². The summed E-state index contributed by atoms with van der Waals surface area (Å²) in [6.07, 6.45) is 1.01. The van der Waals surface area contributed by atoms with Gasteiger partial charge in [-0.25, -0.2) is 4.79 Å². The highest BCUT2D eigenvalue weighted by Gasteiger charge is 2.20. The SMILES string of the molecule is CC(C)CCc1c(C(=O)O)cc(O)c(O)c1O. The van der Waals surface area contributed by atoms with Gasteiger partial charge in [-0.1, -0.05) is 13.8 Å². The van der Waals surface area contributed by atoms with Gasteiger partial charge in [0.05, 0.1) is 5.56 Å². The van der Waals surface area contributed by atoms with Crippen molar-refractivity contribution in [3.05, 3.63) is 17.2 Å². The Hall–Kier alpha value is -1.91. The van der Waals surface area contributed by atoms with Gasteiger partial charge in [0.2, 0.25) is 5.75 Å². The lowest BCUT2D eigenvalue weighted by molar-refractivity contribution is 0.0694. The minimum absolute atomic E-state index is 0.154. The third-order valence-corrected chi connectivity index (χ3v) is 2.56. The molecule has 0 amide bonds. The number of aromatic hydroxyl groups is 3. The first-order chi connectivity index (χ1) is 7.84. The van der Waals surface area contributed by atoms with E-state index in [9.17, 15) is 20.1 Å². The van der Waals surface area contributed by atoms with Crippen molar-refractivity contribution in [1.29, 1.82) is 0 Å². The molecule has 0 aliphatic carbocycles. The molecule has 1 aromatic rings. The smallest absolute Gasteiger partial charge is 0.336 e. The zero-order valence-electron chi connectivity index (χ0n) is 9.77. The molecule has 0 saturated carbocycles. The van der Waals surface area contributed by atoms with Crippen molar-refractivity contribution in [3.8, 4) is 17.2 Å². The maximum absolute atomic E-state index is 11.0. The van der Waals surface area contributed by atoms with Crippen LogP contribution in [0.1, 0.15) is 36.2 Å². The van der Waals surface area contributed by atoms with Crippen LogP contribution in [0.2, 0.25) is 0 Å². The molecule has 0 aromatic heterocycles. The van der Waals surface area contributed by atoms with Crippen LogP contribution in [0.25, 0.3) is 0 Å². The van der Waals surface area contributed by atoms with Crippen LogP contribution in [-0.4, -0.2) is 26.4 Å². The van der Waals surface area contributed by atoms with Gasteiger partial charge < -0.3 is 20.4 Å². The van der Waals surface area contributed by atoms with E-state index < -0.39 is 23.2 Å². The molecule has 1 rings (SSSR count). The molecule has 5 nitrogen and oxygen atoms in total. The number of benzene rings is 1. The molecular weight excluding hydrogens is 224 g/mol. The predicted molar refractivity (Wildman–Crippen MR) is 61.6 cm³/mol. The maximum Gasteiger partial charge on any atom is 0.336 e. The predicted octanol–water partition coefficient (Wildman–Crippen LogP) is 2.09. The molecule has 0 aliphatic heterocycles. The van der Waals surface area contributed by atoms with Crippen LogP contribution in [0.15, 0.2) is 6.07 Å². The number of phenols is 3. The van der Waals surface area contributed by atoms with E-state index in [-0.39, 0.29) is 11.1 Å². The van der Waals surface area contributed by atoms with E-state index in [0.29, 0.717) is 18.8 Å². The Balaban J connectivity index is 3.24. The molecule has 0 unspecified atom stereocenters. The summed E-state index contributed by atoms with van der Waals surface area (Å²) in [6, 6.07) is 0.951. The lowest BCUT2D eigenvalue weighted by Gasteiger charge is -2.12.